The molecule has 3 rings (SSSR count). The monoisotopic (exact) mass is 298 g/mol. The first-order valence-corrected chi connectivity index (χ1v) is 7.76. The lowest BCUT2D eigenvalue weighted by Crippen LogP contribution is -2.09. The van der Waals surface area contributed by atoms with Gasteiger partial charge in [-0.25, -0.2) is 9.67 Å². The summed E-state index contributed by atoms with van der Waals surface area (Å²) in [4.78, 5) is 5.79. The van der Waals surface area contributed by atoms with E-state index in [1.54, 1.807) is 17.5 Å². The van der Waals surface area contributed by atoms with Gasteiger partial charge < -0.3 is 5.32 Å². The predicted octanol–water partition coefficient (Wildman–Crippen LogP) is 4.12. The Bertz CT molecular complexity index is 731. The molecule has 0 aliphatic carbocycles. The number of para-hydroxylation sites is 2. The molecule has 0 saturated carbocycles. The molecule has 0 aliphatic rings. The summed E-state index contributed by atoms with van der Waals surface area (Å²) in [6.07, 6.45) is 3.74. The van der Waals surface area contributed by atoms with Crippen LogP contribution in [0.4, 0.5) is 5.69 Å². The molecule has 2 aromatic heterocycles. The molecule has 0 fully saturated rings. The van der Waals surface area contributed by atoms with Crippen molar-refractivity contribution in [1.82, 2.24) is 14.8 Å². The minimum atomic E-state index is 0.216. The van der Waals surface area contributed by atoms with Gasteiger partial charge in [0, 0.05) is 17.3 Å². The van der Waals surface area contributed by atoms with Gasteiger partial charge in [-0.2, -0.15) is 5.10 Å². The molecule has 1 aromatic carbocycles. The number of benzene rings is 1. The fourth-order valence-electron chi connectivity index (χ4n) is 2.45. The number of anilines is 1. The van der Waals surface area contributed by atoms with Crippen molar-refractivity contribution in [2.24, 2.45) is 0 Å². The van der Waals surface area contributed by atoms with Crippen molar-refractivity contribution in [2.75, 3.05) is 5.32 Å². The van der Waals surface area contributed by atoms with E-state index in [0.29, 0.717) is 0 Å². The van der Waals surface area contributed by atoms with E-state index in [-0.39, 0.29) is 6.04 Å². The summed E-state index contributed by atoms with van der Waals surface area (Å²) in [5.41, 5.74) is 3.22. The average molecular weight is 298 g/mol. The third kappa shape index (κ3) is 2.83. The molecule has 108 valence electrons. The number of rotatable bonds is 4. The highest BCUT2D eigenvalue weighted by Gasteiger charge is 2.14. The molecule has 0 saturated heterocycles. The van der Waals surface area contributed by atoms with E-state index < -0.39 is 0 Å². The van der Waals surface area contributed by atoms with Crippen LogP contribution in [0.2, 0.25) is 0 Å². The Labute approximate surface area is 128 Å². The van der Waals surface area contributed by atoms with E-state index >= 15 is 0 Å². The lowest BCUT2D eigenvalue weighted by atomic mass is 10.2. The molecule has 4 nitrogen and oxygen atoms in total. The van der Waals surface area contributed by atoms with Crippen molar-refractivity contribution >= 4 is 17.0 Å². The highest BCUT2D eigenvalue weighted by Crippen LogP contribution is 2.29. The third-order valence-electron chi connectivity index (χ3n) is 3.36. The molecular formula is C16H18N4S. The van der Waals surface area contributed by atoms with Gasteiger partial charge in [-0.3, -0.25) is 0 Å². The maximum atomic E-state index is 4.51. The van der Waals surface area contributed by atoms with Gasteiger partial charge in [0.2, 0.25) is 0 Å². The van der Waals surface area contributed by atoms with E-state index in [9.17, 15) is 0 Å². The Balaban J connectivity index is 1.90. The van der Waals surface area contributed by atoms with E-state index in [2.05, 4.69) is 41.4 Å². The Morgan fingerprint density at radius 1 is 1.19 bits per heavy atom. The fraction of sp³-hybridized carbons (Fsp3) is 0.250. The van der Waals surface area contributed by atoms with Crippen molar-refractivity contribution in [3.8, 4) is 5.69 Å². The summed E-state index contributed by atoms with van der Waals surface area (Å²) in [6.45, 7) is 6.28. The second-order valence-electron chi connectivity index (χ2n) is 5.02. The number of aromatic nitrogens is 3. The molecule has 1 N–H and O–H groups in total. The van der Waals surface area contributed by atoms with Crippen LogP contribution in [0.3, 0.4) is 0 Å². The lowest BCUT2D eigenvalue weighted by molar-refractivity contribution is 0.856. The lowest BCUT2D eigenvalue weighted by Gasteiger charge is -2.17. The maximum Gasteiger partial charge on any atom is 0.0900 e. The number of nitrogens with zero attached hydrogens (tertiary/aromatic N) is 3. The molecule has 0 bridgehead atoms. The van der Waals surface area contributed by atoms with Gasteiger partial charge in [-0.1, -0.05) is 12.1 Å². The first kappa shape index (κ1) is 13.8. The van der Waals surface area contributed by atoms with Gasteiger partial charge in [0.25, 0.3) is 0 Å². The number of nitrogens with one attached hydrogen (secondary N) is 1. The van der Waals surface area contributed by atoms with Crippen LogP contribution >= 0.6 is 11.3 Å². The second kappa shape index (κ2) is 5.69. The molecule has 0 amide bonds. The number of hydrogen-bond acceptors (Lipinski definition) is 4. The normalized spacial score (nSPS) is 12.3. The highest BCUT2D eigenvalue weighted by molar-refractivity contribution is 7.11. The molecule has 2 heterocycles. The summed E-state index contributed by atoms with van der Waals surface area (Å²) < 4.78 is 1.87. The summed E-state index contributed by atoms with van der Waals surface area (Å²) in [5.74, 6) is 0. The van der Waals surface area contributed by atoms with Crippen LogP contribution in [-0.2, 0) is 0 Å². The third-order valence-corrected chi connectivity index (χ3v) is 4.62. The number of thiazole rings is 1. The van der Waals surface area contributed by atoms with E-state index in [1.807, 2.05) is 36.0 Å². The molecule has 1 atom stereocenters. The smallest absolute Gasteiger partial charge is 0.0900 e. The average Bonchev–Trinajstić information content (AvgIpc) is 3.09. The summed E-state index contributed by atoms with van der Waals surface area (Å²) in [5, 5.41) is 9.00. The first-order valence-electron chi connectivity index (χ1n) is 6.94. The number of hydrogen-bond donors (Lipinski definition) is 1. The highest BCUT2D eigenvalue weighted by atomic mass is 32.1. The topological polar surface area (TPSA) is 42.7 Å². The van der Waals surface area contributed by atoms with Crippen LogP contribution in [0.5, 0.6) is 0 Å². The summed E-state index contributed by atoms with van der Waals surface area (Å²) in [7, 11) is 0. The van der Waals surface area contributed by atoms with E-state index in [4.69, 9.17) is 0 Å². The minimum Gasteiger partial charge on any atom is -0.376 e. The Morgan fingerprint density at radius 2 is 2.00 bits per heavy atom. The van der Waals surface area contributed by atoms with Crippen LogP contribution in [0.25, 0.3) is 5.69 Å². The van der Waals surface area contributed by atoms with Crippen LogP contribution in [0, 0.1) is 13.8 Å². The number of aryl methyl sites for hydroxylation is 2. The quantitative estimate of drug-likeness (QED) is 0.788. The second-order valence-corrected chi connectivity index (χ2v) is 6.25. The maximum absolute atomic E-state index is 4.51. The van der Waals surface area contributed by atoms with Gasteiger partial charge >= 0.3 is 0 Å². The van der Waals surface area contributed by atoms with Gasteiger partial charge in [0.05, 0.1) is 28.1 Å². The van der Waals surface area contributed by atoms with Crippen molar-refractivity contribution in [3.05, 3.63) is 58.3 Å². The summed E-state index contributed by atoms with van der Waals surface area (Å²) >= 11 is 1.75. The van der Waals surface area contributed by atoms with Crippen molar-refractivity contribution < 1.29 is 0 Å². The van der Waals surface area contributed by atoms with Crippen LogP contribution in [-0.4, -0.2) is 14.8 Å². The molecule has 0 radical (unpaired) electrons. The van der Waals surface area contributed by atoms with Crippen molar-refractivity contribution in [2.45, 2.75) is 26.8 Å². The Morgan fingerprint density at radius 3 is 2.67 bits per heavy atom. The van der Waals surface area contributed by atoms with Gasteiger partial charge in [-0.15, -0.1) is 11.3 Å². The summed E-state index contributed by atoms with van der Waals surface area (Å²) in [6, 6.07) is 10.3. The Hall–Kier alpha value is -2.14. The van der Waals surface area contributed by atoms with Gasteiger partial charge in [-0.05, 0) is 39.0 Å². The predicted molar refractivity (Wildman–Crippen MR) is 87.2 cm³/mol. The zero-order valence-corrected chi connectivity index (χ0v) is 13.2. The van der Waals surface area contributed by atoms with E-state index in [1.165, 1.54) is 4.88 Å². The van der Waals surface area contributed by atoms with Crippen molar-refractivity contribution in [1.29, 1.82) is 0 Å². The molecule has 5 heteroatoms. The van der Waals surface area contributed by atoms with Crippen molar-refractivity contribution in [3.63, 3.8) is 0 Å². The molecule has 0 aliphatic heterocycles. The molecule has 0 spiro atoms. The molecule has 1 unspecified atom stereocenters. The zero-order chi connectivity index (χ0) is 14.8. The van der Waals surface area contributed by atoms with Crippen LogP contribution < -0.4 is 5.32 Å². The molecule has 3 aromatic rings. The van der Waals surface area contributed by atoms with E-state index in [0.717, 1.165) is 22.1 Å². The van der Waals surface area contributed by atoms with Crippen LogP contribution in [0.15, 0.2) is 42.7 Å². The fourth-order valence-corrected chi connectivity index (χ4v) is 3.38. The van der Waals surface area contributed by atoms with Gasteiger partial charge in [0.15, 0.2) is 0 Å². The largest absolute Gasteiger partial charge is 0.376 e. The first-order chi connectivity index (χ1) is 10.1. The Kier molecular flexibility index (Phi) is 3.75. The zero-order valence-electron chi connectivity index (χ0n) is 12.4. The molecular weight excluding hydrogens is 280 g/mol. The van der Waals surface area contributed by atoms with Crippen LogP contribution in [0.1, 0.15) is 28.5 Å². The minimum absolute atomic E-state index is 0.216. The molecule has 21 heavy (non-hydrogen) atoms. The SMILES string of the molecule is Cc1nc(C)c(C(C)Nc2ccccc2-n2cccn2)s1. The standard InChI is InChI=1S/C16H18N4S/c1-11-16(21-13(3)18-11)12(2)19-14-7-4-5-8-15(14)20-10-6-9-17-20/h4-10,12,19H,1-3H3. The van der Waals surface area contributed by atoms with Gasteiger partial charge in [0.1, 0.15) is 0 Å².